The van der Waals surface area contributed by atoms with E-state index in [1.165, 1.54) is 45.2 Å². The number of hydrogen-bond donors (Lipinski definition) is 3. The molecule has 3 aromatic rings. The van der Waals surface area contributed by atoms with E-state index in [0.717, 1.165) is 5.56 Å². The second-order valence-electron chi connectivity index (χ2n) is 12.2. The van der Waals surface area contributed by atoms with Gasteiger partial charge in [0, 0.05) is 6.20 Å². The predicted octanol–water partition coefficient (Wildman–Crippen LogP) is 4.00. The highest BCUT2D eigenvalue weighted by atomic mass is 16.6. The number of esters is 1. The number of anilines is 1. The number of rotatable bonds is 15. The molecule has 2 aromatic carbocycles. The molecular formula is C34H45N5O9. The molecule has 14 nitrogen and oxygen atoms in total. The molecule has 0 aliphatic heterocycles. The Kier molecular flexibility index (Phi) is 12.9. The molecule has 0 aliphatic carbocycles. The minimum absolute atomic E-state index is 0.100. The van der Waals surface area contributed by atoms with E-state index in [4.69, 9.17) is 23.7 Å². The standard InChI is InChI=1S/C34H45N5O9/c1-9-47-30(41)28(23-15-16-25(44-7)26(17-23)45-8)39-18-27(35-21-39)37-29(40)24(20-46-19-22-13-11-10-12-14-22)36-31(42)34(5,6)38-32(43)48-33(2,3)4/h10-18,21,24,28H,9,19-20H2,1-8H3,(H,36,42)(H,37,40)(H,38,43). The number of hydrogen-bond acceptors (Lipinski definition) is 10. The summed E-state index contributed by atoms with van der Waals surface area (Å²) < 4.78 is 28.6. The number of nitrogens with zero attached hydrogens (tertiary/aromatic N) is 2. The van der Waals surface area contributed by atoms with Crippen LogP contribution in [0.15, 0.2) is 61.1 Å². The zero-order valence-electron chi connectivity index (χ0n) is 28.6. The van der Waals surface area contributed by atoms with Gasteiger partial charge in [-0.2, -0.15) is 0 Å². The third-order valence-electron chi connectivity index (χ3n) is 6.78. The summed E-state index contributed by atoms with van der Waals surface area (Å²) in [6, 6.07) is 12.2. The number of benzene rings is 2. The molecule has 3 N–H and O–H groups in total. The molecule has 2 unspecified atom stereocenters. The van der Waals surface area contributed by atoms with Crippen LogP contribution in [-0.2, 0) is 35.2 Å². The average molecular weight is 668 g/mol. The Balaban J connectivity index is 1.83. The lowest BCUT2D eigenvalue weighted by molar-refractivity contribution is -0.145. The first-order valence-corrected chi connectivity index (χ1v) is 15.3. The van der Waals surface area contributed by atoms with E-state index in [9.17, 15) is 19.2 Å². The number of aromatic nitrogens is 2. The Bertz CT molecular complexity index is 1550. The second-order valence-corrected chi connectivity index (χ2v) is 12.2. The summed E-state index contributed by atoms with van der Waals surface area (Å²) in [5.41, 5.74) is -0.831. The van der Waals surface area contributed by atoms with E-state index >= 15 is 0 Å². The molecule has 2 atom stereocenters. The van der Waals surface area contributed by atoms with Gasteiger partial charge in [0.25, 0.3) is 5.91 Å². The van der Waals surface area contributed by atoms with E-state index in [1.807, 2.05) is 30.3 Å². The Labute approximate surface area is 280 Å². The van der Waals surface area contributed by atoms with Gasteiger partial charge in [-0.25, -0.2) is 14.6 Å². The predicted molar refractivity (Wildman–Crippen MR) is 177 cm³/mol. The molecule has 0 saturated heterocycles. The van der Waals surface area contributed by atoms with Crippen LogP contribution < -0.4 is 25.4 Å². The molecule has 3 rings (SSSR count). The molecule has 1 aromatic heterocycles. The van der Waals surface area contributed by atoms with Gasteiger partial charge in [-0.05, 0) is 64.8 Å². The van der Waals surface area contributed by atoms with Crippen LogP contribution >= 0.6 is 0 Å². The van der Waals surface area contributed by atoms with Crippen molar-refractivity contribution in [3.05, 3.63) is 72.2 Å². The van der Waals surface area contributed by atoms with Crippen molar-refractivity contribution < 1.29 is 42.9 Å². The monoisotopic (exact) mass is 667 g/mol. The molecule has 1 heterocycles. The number of carbonyl (C=O) groups is 4. The minimum Gasteiger partial charge on any atom is -0.493 e. The summed E-state index contributed by atoms with van der Waals surface area (Å²) in [5, 5.41) is 7.88. The maximum atomic E-state index is 13.6. The lowest BCUT2D eigenvalue weighted by atomic mass is 10.0. The number of alkyl carbamates (subject to hydrolysis) is 1. The largest absolute Gasteiger partial charge is 0.493 e. The van der Waals surface area contributed by atoms with E-state index in [0.29, 0.717) is 17.1 Å². The van der Waals surface area contributed by atoms with Crippen LogP contribution in [0, 0.1) is 0 Å². The van der Waals surface area contributed by atoms with Crippen LogP contribution in [-0.4, -0.2) is 78.0 Å². The molecule has 260 valence electrons. The van der Waals surface area contributed by atoms with Crippen molar-refractivity contribution in [2.24, 2.45) is 0 Å². The maximum absolute atomic E-state index is 13.6. The van der Waals surface area contributed by atoms with Gasteiger partial charge in [-0.1, -0.05) is 36.4 Å². The van der Waals surface area contributed by atoms with Crippen LogP contribution in [0.25, 0.3) is 0 Å². The first-order valence-electron chi connectivity index (χ1n) is 15.3. The Morgan fingerprint density at radius 1 is 0.938 bits per heavy atom. The molecule has 48 heavy (non-hydrogen) atoms. The number of nitrogens with one attached hydrogen (secondary N) is 3. The lowest BCUT2D eigenvalue weighted by Crippen LogP contribution is -2.59. The molecule has 0 saturated carbocycles. The van der Waals surface area contributed by atoms with Crippen LogP contribution in [0.4, 0.5) is 10.6 Å². The number of methoxy groups -OCH3 is 2. The van der Waals surface area contributed by atoms with Gasteiger partial charge in [0.15, 0.2) is 23.4 Å². The van der Waals surface area contributed by atoms with Gasteiger partial charge >= 0.3 is 12.1 Å². The van der Waals surface area contributed by atoms with Crippen molar-refractivity contribution in [2.75, 3.05) is 32.8 Å². The van der Waals surface area contributed by atoms with Crippen molar-refractivity contribution in [2.45, 2.75) is 71.4 Å². The molecule has 0 bridgehead atoms. The van der Waals surface area contributed by atoms with Gasteiger partial charge in [0.2, 0.25) is 5.91 Å². The zero-order valence-corrected chi connectivity index (χ0v) is 28.6. The van der Waals surface area contributed by atoms with Crippen molar-refractivity contribution >= 4 is 29.7 Å². The van der Waals surface area contributed by atoms with Crippen LogP contribution in [0.2, 0.25) is 0 Å². The van der Waals surface area contributed by atoms with E-state index in [2.05, 4.69) is 20.9 Å². The summed E-state index contributed by atoms with van der Waals surface area (Å²) in [7, 11) is 2.99. The second kappa shape index (κ2) is 16.6. The maximum Gasteiger partial charge on any atom is 0.408 e. The fourth-order valence-corrected chi connectivity index (χ4v) is 4.44. The van der Waals surface area contributed by atoms with Gasteiger partial charge in [-0.15, -0.1) is 0 Å². The summed E-state index contributed by atoms with van der Waals surface area (Å²) in [4.78, 5) is 56.7. The SMILES string of the molecule is CCOC(=O)C(c1ccc(OC)c(OC)c1)n1cnc(NC(=O)C(COCc2ccccc2)NC(=O)C(C)(C)NC(=O)OC(C)(C)C)c1. The zero-order chi connectivity index (χ0) is 35.5. The molecule has 3 amide bonds. The summed E-state index contributed by atoms with van der Waals surface area (Å²) in [5.74, 6) is -0.861. The third-order valence-corrected chi connectivity index (χ3v) is 6.78. The Morgan fingerprint density at radius 2 is 1.62 bits per heavy atom. The highest BCUT2D eigenvalue weighted by Gasteiger charge is 2.35. The highest BCUT2D eigenvalue weighted by molar-refractivity contribution is 5.98. The first-order chi connectivity index (χ1) is 22.7. The third kappa shape index (κ3) is 10.7. The summed E-state index contributed by atoms with van der Waals surface area (Å²) in [6.45, 7) is 9.89. The van der Waals surface area contributed by atoms with E-state index < -0.39 is 47.1 Å². The van der Waals surface area contributed by atoms with Crippen molar-refractivity contribution in [3.8, 4) is 11.5 Å². The molecule has 0 aliphatic rings. The first kappa shape index (κ1) is 37.3. The van der Waals surface area contributed by atoms with Crippen LogP contribution in [0.3, 0.4) is 0 Å². The van der Waals surface area contributed by atoms with Crippen LogP contribution in [0.1, 0.15) is 58.7 Å². The number of carbonyl (C=O) groups excluding carboxylic acids is 4. The van der Waals surface area contributed by atoms with Gasteiger partial charge < -0.3 is 44.2 Å². The van der Waals surface area contributed by atoms with Gasteiger partial charge in [0.1, 0.15) is 17.2 Å². The molecule has 14 heteroatoms. The lowest BCUT2D eigenvalue weighted by Gasteiger charge is -2.29. The van der Waals surface area contributed by atoms with E-state index in [1.54, 1.807) is 45.9 Å². The normalized spacial score (nSPS) is 12.7. The van der Waals surface area contributed by atoms with Gasteiger partial charge in [0.05, 0.1) is 40.4 Å². The summed E-state index contributed by atoms with van der Waals surface area (Å²) in [6.07, 6.45) is 2.05. The number of amides is 3. The van der Waals surface area contributed by atoms with Crippen molar-refractivity contribution in [1.29, 1.82) is 0 Å². The molecule has 0 spiro atoms. The fourth-order valence-electron chi connectivity index (χ4n) is 4.44. The van der Waals surface area contributed by atoms with E-state index in [-0.39, 0.29) is 25.6 Å². The van der Waals surface area contributed by atoms with Crippen LogP contribution in [0.5, 0.6) is 11.5 Å². The van der Waals surface area contributed by atoms with Crippen molar-refractivity contribution in [3.63, 3.8) is 0 Å². The van der Waals surface area contributed by atoms with Gasteiger partial charge in [-0.3, -0.25) is 9.59 Å². The molecule has 0 radical (unpaired) electrons. The minimum atomic E-state index is -1.45. The fraction of sp³-hybridized carbons (Fsp3) is 0.441. The van der Waals surface area contributed by atoms with Crippen molar-refractivity contribution in [1.82, 2.24) is 20.2 Å². The smallest absolute Gasteiger partial charge is 0.408 e. The Hall–Kier alpha value is -5.11. The average Bonchev–Trinajstić information content (AvgIpc) is 3.47. The Morgan fingerprint density at radius 3 is 2.25 bits per heavy atom. The quantitative estimate of drug-likeness (QED) is 0.202. The molecular weight excluding hydrogens is 622 g/mol. The highest BCUT2D eigenvalue weighted by Crippen LogP contribution is 2.32. The number of ether oxygens (including phenoxy) is 5. The summed E-state index contributed by atoms with van der Waals surface area (Å²) >= 11 is 0. The topological polar surface area (TPSA) is 168 Å². The molecule has 0 fully saturated rings. The number of imidazole rings is 1.